The van der Waals surface area contributed by atoms with E-state index in [9.17, 15) is 8.78 Å². The van der Waals surface area contributed by atoms with Gasteiger partial charge in [0.15, 0.2) is 0 Å². The zero-order chi connectivity index (χ0) is 24.8. The molecular weight excluding hydrogens is 443 g/mol. The lowest BCUT2D eigenvalue weighted by atomic mass is 10.0. The molecule has 0 aliphatic heterocycles. The molecule has 0 bridgehead atoms. The second-order valence-corrected chi connectivity index (χ2v) is 7.81. The van der Waals surface area contributed by atoms with Crippen molar-refractivity contribution < 1.29 is 13.2 Å². The van der Waals surface area contributed by atoms with Crippen LogP contribution in [0.4, 0.5) is 13.2 Å². The third-order valence-electron chi connectivity index (χ3n) is 5.39. The lowest BCUT2D eigenvalue weighted by Crippen LogP contribution is -1.92. The second-order valence-electron chi connectivity index (χ2n) is 7.81. The van der Waals surface area contributed by atoms with Crippen molar-refractivity contribution in [1.82, 2.24) is 0 Å². The summed E-state index contributed by atoms with van der Waals surface area (Å²) in [6, 6.07) is 19.8. The van der Waals surface area contributed by atoms with Gasteiger partial charge in [-0.25, -0.2) is 13.2 Å². The van der Waals surface area contributed by atoms with Gasteiger partial charge in [0.2, 0.25) is 0 Å². The molecule has 0 radical (unpaired) electrons. The van der Waals surface area contributed by atoms with Gasteiger partial charge in [-0.1, -0.05) is 54.0 Å². The summed E-state index contributed by atoms with van der Waals surface area (Å²) in [7, 11) is 0. The lowest BCUT2D eigenvalue weighted by molar-refractivity contribution is 0.576. The maximum atomic E-state index is 15.0. The number of rotatable bonds is 3. The highest BCUT2D eigenvalue weighted by molar-refractivity contribution is 5.86. The zero-order valence-corrected chi connectivity index (χ0v) is 18.6. The molecule has 4 rings (SSSR count). The van der Waals surface area contributed by atoms with Gasteiger partial charge in [-0.15, -0.1) is 6.58 Å². The summed E-state index contributed by atoms with van der Waals surface area (Å²) in [6.45, 7) is 3.73. The van der Waals surface area contributed by atoms with Crippen LogP contribution in [-0.4, -0.2) is 0 Å². The first-order chi connectivity index (χ1) is 17.0. The summed E-state index contributed by atoms with van der Waals surface area (Å²) >= 11 is 0. The van der Waals surface area contributed by atoms with Gasteiger partial charge in [-0.2, -0.15) is 5.26 Å². The Labute approximate surface area is 202 Å². The Kier molecular flexibility index (Phi) is 7.02. The summed E-state index contributed by atoms with van der Waals surface area (Å²) in [4.78, 5) is 0. The monoisotopic (exact) mass is 461 g/mol. The molecule has 0 aliphatic carbocycles. The Hall–Kier alpha value is -4.72. The minimum atomic E-state index is -1.01. The fourth-order valence-corrected chi connectivity index (χ4v) is 3.53. The van der Waals surface area contributed by atoms with Crippen LogP contribution in [0, 0.1) is 52.5 Å². The first-order valence-corrected chi connectivity index (χ1v) is 10.8. The fraction of sp³-hybridized carbons (Fsp3) is 0.0645. The molecule has 0 amide bonds. The highest BCUT2D eigenvalue weighted by atomic mass is 19.1. The molecule has 4 heteroatoms. The van der Waals surface area contributed by atoms with Crippen molar-refractivity contribution >= 4 is 10.8 Å². The van der Waals surface area contributed by atoms with Crippen molar-refractivity contribution in [2.45, 2.75) is 12.8 Å². The largest absolute Gasteiger partial charge is 0.205 e. The van der Waals surface area contributed by atoms with Crippen molar-refractivity contribution in [3.63, 3.8) is 0 Å². The number of benzene rings is 4. The van der Waals surface area contributed by atoms with Gasteiger partial charge in [0.05, 0.1) is 5.56 Å². The van der Waals surface area contributed by atoms with Crippen molar-refractivity contribution in [1.29, 1.82) is 5.26 Å². The van der Waals surface area contributed by atoms with Gasteiger partial charge in [-0.05, 0) is 66.3 Å². The van der Waals surface area contributed by atoms with Crippen LogP contribution in [0.3, 0.4) is 0 Å². The predicted molar refractivity (Wildman–Crippen MR) is 132 cm³/mol. The van der Waals surface area contributed by atoms with E-state index in [2.05, 4.69) is 30.3 Å². The van der Waals surface area contributed by atoms with E-state index in [1.807, 2.05) is 30.3 Å². The molecule has 35 heavy (non-hydrogen) atoms. The highest BCUT2D eigenvalue weighted by Crippen LogP contribution is 2.22. The van der Waals surface area contributed by atoms with E-state index < -0.39 is 23.0 Å². The average molecular weight is 461 g/mol. The Morgan fingerprint density at radius 2 is 1.40 bits per heavy atom. The molecule has 0 fully saturated rings. The molecule has 0 saturated carbocycles. The summed E-state index contributed by atoms with van der Waals surface area (Å²) in [5, 5.41) is 9.78. The van der Waals surface area contributed by atoms with Crippen LogP contribution in [0.15, 0.2) is 79.4 Å². The van der Waals surface area contributed by atoms with Crippen molar-refractivity contribution in [2.24, 2.45) is 0 Å². The summed E-state index contributed by atoms with van der Waals surface area (Å²) in [5.41, 5.74) is 2.29. The van der Waals surface area contributed by atoms with E-state index in [0.29, 0.717) is 10.8 Å². The molecule has 0 heterocycles. The maximum absolute atomic E-state index is 15.0. The van der Waals surface area contributed by atoms with E-state index >= 15 is 4.39 Å². The van der Waals surface area contributed by atoms with Gasteiger partial charge in [-0.3, -0.25) is 0 Å². The predicted octanol–water partition coefficient (Wildman–Crippen LogP) is 7.05. The van der Waals surface area contributed by atoms with Crippen LogP contribution in [0.2, 0.25) is 0 Å². The normalized spacial score (nSPS) is 10.0. The molecule has 0 saturated heterocycles. The quantitative estimate of drug-likeness (QED) is 0.237. The molecule has 0 unspecified atom stereocenters. The summed E-state index contributed by atoms with van der Waals surface area (Å²) < 4.78 is 42.6. The van der Waals surface area contributed by atoms with E-state index in [4.69, 9.17) is 5.26 Å². The van der Waals surface area contributed by atoms with E-state index in [0.717, 1.165) is 36.1 Å². The molecule has 1 nitrogen and oxygen atoms in total. The van der Waals surface area contributed by atoms with Crippen LogP contribution >= 0.6 is 0 Å². The summed E-state index contributed by atoms with van der Waals surface area (Å²) in [5.74, 6) is 8.86. The third-order valence-corrected chi connectivity index (χ3v) is 5.39. The Bertz CT molecular complexity index is 1580. The Morgan fingerprint density at radius 3 is 2.09 bits per heavy atom. The number of nitrogens with zero attached hydrogens (tertiary/aromatic N) is 1. The van der Waals surface area contributed by atoms with Gasteiger partial charge < -0.3 is 0 Å². The molecule has 4 aromatic carbocycles. The Balaban J connectivity index is 1.58. The van der Waals surface area contributed by atoms with Crippen LogP contribution in [0.5, 0.6) is 0 Å². The smallest absolute Gasteiger partial charge is 0.146 e. The first kappa shape index (κ1) is 23.4. The zero-order valence-electron chi connectivity index (χ0n) is 18.6. The molecule has 0 atom stereocenters. The van der Waals surface area contributed by atoms with Gasteiger partial charge in [0, 0.05) is 22.1 Å². The van der Waals surface area contributed by atoms with Crippen molar-refractivity contribution in [3.8, 4) is 29.8 Å². The third kappa shape index (κ3) is 5.44. The van der Waals surface area contributed by atoms with Crippen molar-refractivity contribution in [2.75, 3.05) is 0 Å². The van der Waals surface area contributed by atoms with Gasteiger partial charge >= 0.3 is 0 Å². The number of hydrogen-bond acceptors (Lipinski definition) is 1. The van der Waals surface area contributed by atoms with Crippen LogP contribution < -0.4 is 0 Å². The fourth-order valence-electron chi connectivity index (χ4n) is 3.53. The lowest BCUT2D eigenvalue weighted by Gasteiger charge is -2.03. The highest BCUT2D eigenvalue weighted by Gasteiger charge is 2.10. The number of aryl methyl sites for hydroxylation is 1. The van der Waals surface area contributed by atoms with Crippen LogP contribution in [0.1, 0.15) is 39.8 Å². The average Bonchev–Trinajstić information content (AvgIpc) is 2.86. The first-order valence-electron chi connectivity index (χ1n) is 10.8. The molecule has 0 spiro atoms. The Morgan fingerprint density at radius 1 is 0.743 bits per heavy atom. The van der Waals surface area contributed by atoms with E-state index in [1.54, 1.807) is 24.3 Å². The molecule has 0 N–H and O–H groups in total. The molecule has 4 aromatic rings. The van der Waals surface area contributed by atoms with Gasteiger partial charge in [0.1, 0.15) is 29.1 Å². The number of allylic oxidation sites excluding steroid dienone is 1. The number of hydrogen-bond donors (Lipinski definition) is 0. The number of fused-ring (bicyclic) bond motifs is 1. The van der Waals surface area contributed by atoms with E-state index in [-0.39, 0.29) is 11.1 Å². The number of halogens is 3. The number of nitriles is 1. The SMILES string of the molecule is C=CCCc1ccc(C#Cc2ccc3c(F)c(C#Cc4cc(F)c(C#N)c(F)c4)ccc3c2)cc1. The topological polar surface area (TPSA) is 23.8 Å². The van der Waals surface area contributed by atoms with Gasteiger partial charge in [0.25, 0.3) is 0 Å². The van der Waals surface area contributed by atoms with E-state index in [1.165, 1.54) is 17.7 Å². The van der Waals surface area contributed by atoms with Crippen molar-refractivity contribution in [3.05, 3.63) is 130 Å². The van der Waals surface area contributed by atoms with Crippen LogP contribution in [-0.2, 0) is 6.42 Å². The molecule has 168 valence electrons. The second kappa shape index (κ2) is 10.5. The minimum Gasteiger partial charge on any atom is -0.205 e. The summed E-state index contributed by atoms with van der Waals surface area (Å²) in [6.07, 6.45) is 3.77. The van der Waals surface area contributed by atoms with Crippen LogP contribution in [0.25, 0.3) is 10.8 Å². The molecule has 0 aliphatic rings. The molecule has 0 aromatic heterocycles. The minimum absolute atomic E-state index is 0.0119. The molecular formula is C31H18F3N. The maximum Gasteiger partial charge on any atom is 0.146 e. The standard InChI is InChI=1S/C31H18F3N/c1-2-3-4-21-5-7-22(8-6-21)9-10-23-12-16-27-26(17-23)15-14-25(31(27)34)13-11-24-18-29(32)28(20-35)30(33)19-24/h2,5-8,12,14-19H,1,3-4H2.